The van der Waals surface area contributed by atoms with E-state index in [1.807, 2.05) is 67.6 Å². The molecular formula is C24H23NO3. The fraction of sp³-hybridized carbons (Fsp3) is 0.292. The van der Waals surface area contributed by atoms with Gasteiger partial charge in [0.2, 0.25) is 0 Å². The van der Waals surface area contributed by atoms with Crippen molar-refractivity contribution in [1.29, 1.82) is 0 Å². The lowest BCUT2D eigenvalue weighted by molar-refractivity contribution is -0.148. The Morgan fingerprint density at radius 1 is 1.04 bits per heavy atom. The molecule has 1 unspecified atom stereocenters. The van der Waals surface area contributed by atoms with Gasteiger partial charge >= 0.3 is 5.97 Å². The van der Waals surface area contributed by atoms with Crippen molar-refractivity contribution in [2.75, 3.05) is 0 Å². The van der Waals surface area contributed by atoms with Crippen molar-refractivity contribution >= 4 is 17.5 Å². The molecule has 1 heterocycles. The van der Waals surface area contributed by atoms with Crippen molar-refractivity contribution in [3.8, 4) is 0 Å². The molecule has 0 spiro atoms. The number of ketones is 1. The lowest BCUT2D eigenvalue weighted by atomic mass is 9.72. The summed E-state index contributed by atoms with van der Waals surface area (Å²) in [5.74, 6) is -1.13. The van der Waals surface area contributed by atoms with Crippen molar-refractivity contribution < 1.29 is 14.3 Å². The van der Waals surface area contributed by atoms with Gasteiger partial charge in [-0.05, 0) is 30.9 Å². The molecule has 0 amide bonds. The molecular weight excluding hydrogens is 350 g/mol. The molecule has 1 aliphatic heterocycles. The molecule has 1 aliphatic carbocycles. The first-order chi connectivity index (χ1) is 13.6. The van der Waals surface area contributed by atoms with Crippen LogP contribution in [0.25, 0.3) is 0 Å². The van der Waals surface area contributed by atoms with E-state index in [0.717, 1.165) is 35.4 Å². The van der Waals surface area contributed by atoms with Gasteiger partial charge in [-0.1, -0.05) is 60.7 Å². The van der Waals surface area contributed by atoms with E-state index in [4.69, 9.17) is 4.74 Å². The minimum atomic E-state index is -0.577. The molecule has 28 heavy (non-hydrogen) atoms. The molecule has 0 radical (unpaired) electrons. The third-order valence-electron chi connectivity index (χ3n) is 5.47. The molecule has 142 valence electrons. The van der Waals surface area contributed by atoms with Crippen molar-refractivity contribution in [2.24, 2.45) is 10.9 Å². The second-order valence-corrected chi connectivity index (χ2v) is 7.35. The van der Waals surface area contributed by atoms with E-state index in [1.54, 1.807) is 0 Å². The van der Waals surface area contributed by atoms with Crippen LogP contribution in [0, 0.1) is 5.92 Å². The minimum absolute atomic E-state index is 0.104. The third-order valence-corrected chi connectivity index (χ3v) is 5.47. The number of aliphatic imine (C=N–C) groups is 1. The molecule has 0 N–H and O–H groups in total. The minimum Gasteiger partial charge on any atom is -0.460 e. The van der Waals surface area contributed by atoms with Gasteiger partial charge in [-0.15, -0.1) is 0 Å². The number of esters is 1. The summed E-state index contributed by atoms with van der Waals surface area (Å²) in [6, 6.07) is 19.4. The number of hydrogen-bond donors (Lipinski definition) is 0. The lowest BCUT2D eigenvalue weighted by Gasteiger charge is -2.34. The molecule has 0 saturated heterocycles. The summed E-state index contributed by atoms with van der Waals surface area (Å²) in [7, 11) is 0. The number of allylic oxidation sites excluding steroid dienone is 2. The van der Waals surface area contributed by atoms with E-state index in [-0.39, 0.29) is 24.3 Å². The van der Waals surface area contributed by atoms with Crippen LogP contribution >= 0.6 is 0 Å². The summed E-state index contributed by atoms with van der Waals surface area (Å²) in [6.45, 7) is 2.08. The number of carbonyl (C=O) groups is 2. The average Bonchev–Trinajstić information content (AvgIpc) is 2.72. The molecule has 4 rings (SSSR count). The van der Waals surface area contributed by atoms with Crippen molar-refractivity contribution in [1.82, 2.24) is 0 Å². The second-order valence-electron chi connectivity index (χ2n) is 7.35. The van der Waals surface area contributed by atoms with Crippen LogP contribution in [0.15, 0.2) is 76.9 Å². The highest BCUT2D eigenvalue weighted by atomic mass is 16.5. The van der Waals surface area contributed by atoms with Crippen LogP contribution in [-0.4, -0.2) is 17.5 Å². The van der Waals surface area contributed by atoms with Gasteiger partial charge in [0, 0.05) is 29.3 Å². The Morgan fingerprint density at radius 3 is 2.43 bits per heavy atom. The topological polar surface area (TPSA) is 55.7 Å². The van der Waals surface area contributed by atoms with Crippen LogP contribution in [0.5, 0.6) is 0 Å². The van der Waals surface area contributed by atoms with Crippen molar-refractivity contribution in [2.45, 2.75) is 38.7 Å². The number of ether oxygens (including phenoxy) is 1. The second kappa shape index (κ2) is 7.93. The van der Waals surface area contributed by atoms with Gasteiger partial charge in [-0.25, -0.2) is 0 Å². The Labute approximate surface area is 164 Å². The molecule has 0 saturated carbocycles. The van der Waals surface area contributed by atoms with Crippen molar-refractivity contribution in [3.63, 3.8) is 0 Å². The maximum Gasteiger partial charge on any atom is 0.315 e. The Hall–Kier alpha value is -3.01. The quantitative estimate of drug-likeness (QED) is 0.735. The molecule has 4 heteroatoms. The normalized spacial score (nSPS) is 21.8. The van der Waals surface area contributed by atoms with E-state index < -0.39 is 5.92 Å². The van der Waals surface area contributed by atoms with E-state index in [9.17, 15) is 9.59 Å². The molecule has 2 aromatic rings. The largest absolute Gasteiger partial charge is 0.460 e. The summed E-state index contributed by atoms with van der Waals surface area (Å²) >= 11 is 0. The van der Waals surface area contributed by atoms with Crippen LogP contribution in [0.3, 0.4) is 0 Å². The van der Waals surface area contributed by atoms with E-state index in [1.165, 1.54) is 0 Å². The van der Waals surface area contributed by atoms with Gasteiger partial charge in [-0.2, -0.15) is 0 Å². The summed E-state index contributed by atoms with van der Waals surface area (Å²) in [5, 5.41) is 0. The maximum absolute atomic E-state index is 13.1. The highest BCUT2D eigenvalue weighted by molar-refractivity contribution is 6.08. The van der Waals surface area contributed by atoms with Crippen LogP contribution < -0.4 is 0 Å². The van der Waals surface area contributed by atoms with Crippen LogP contribution in [0.2, 0.25) is 0 Å². The predicted octanol–water partition coefficient (Wildman–Crippen LogP) is 4.61. The SMILES string of the molecule is CC1=NC2=C(C(=O)CCC2)[C@@H](c2ccccc2)C1C(=O)OCc1ccccc1. The van der Waals surface area contributed by atoms with E-state index in [0.29, 0.717) is 12.0 Å². The summed E-state index contributed by atoms with van der Waals surface area (Å²) in [6.07, 6.45) is 2.12. The first kappa shape index (κ1) is 18.4. The van der Waals surface area contributed by atoms with Gasteiger partial charge < -0.3 is 4.74 Å². The molecule has 2 aliphatic rings. The number of rotatable bonds is 4. The van der Waals surface area contributed by atoms with E-state index >= 15 is 0 Å². The van der Waals surface area contributed by atoms with Gasteiger partial charge in [0.1, 0.15) is 12.5 Å². The Morgan fingerprint density at radius 2 is 1.71 bits per heavy atom. The van der Waals surface area contributed by atoms with Gasteiger partial charge in [-0.3, -0.25) is 14.6 Å². The van der Waals surface area contributed by atoms with Crippen molar-refractivity contribution in [3.05, 3.63) is 83.1 Å². The van der Waals surface area contributed by atoms with Gasteiger partial charge in [0.05, 0.1) is 0 Å². The molecule has 4 nitrogen and oxygen atoms in total. The number of carbonyl (C=O) groups excluding carboxylic acids is 2. The fourth-order valence-electron chi connectivity index (χ4n) is 4.15. The predicted molar refractivity (Wildman–Crippen MR) is 108 cm³/mol. The summed E-state index contributed by atoms with van der Waals surface area (Å²) in [4.78, 5) is 30.6. The summed E-state index contributed by atoms with van der Waals surface area (Å²) in [5.41, 5.74) is 4.16. The van der Waals surface area contributed by atoms with Crippen LogP contribution in [-0.2, 0) is 20.9 Å². The van der Waals surface area contributed by atoms with E-state index in [2.05, 4.69) is 4.99 Å². The van der Waals surface area contributed by atoms with Crippen LogP contribution in [0.4, 0.5) is 0 Å². The number of hydrogen-bond acceptors (Lipinski definition) is 4. The monoisotopic (exact) mass is 373 g/mol. The Kier molecular flexibility index (Phi) is 5.20. The highest BCUT2D eigenvalue weighted by Crippen LogP contribution is 2.43. The maximum atomic E-state index is 13.1. The standard InChI is InChI=1S/C24H23NO3/c1-16-21(24(27)28-15-17-9-4-2-5-10-17)22(18-11-6-3-7-12-18)23-19(25-16)13-8-14-20(23)26/h2-7,9-12,21-22H,8,13-15H2,1H3/t21?,22-/m0/s1. The van der Waals surface area contributed by atoms with Gasteiger partial charge in [0.15, 0.2) is 5.78 Å². The number of benzene rings is 2. The molecule has 2 atom stereocenters. The molecule has 0 fully saturated rings. The molecule has 2 aromatic carbocycles. The lowest BCUT2D eigenvalue weighted by Crippen LogP contribution is -2.37. The fourth-order valence-corrected chi connectivity index (χ4v) is 4.15. The molecule has 0 aromatic heterocycles. The zero-order valence-corrected chi connectivity index (χ0v) is 15.9. The highest BCUT2D eigenvalue weighted by Gasteiger charge is 2.43. The summed E-state index contributed by atoms with van der Waals surface area (Å²) < 4.78 is 5.65. The third kappa shape index (κ3) is 3.55. The van der Waals surface area contributed by atoms with Gasteiger partial charge in [0.25, 0.3) is 0 Å². The number of nitrogens with zero attached hydrogens (tertiary/aromatic N) is 1. The number of Topliss-reactive ketones (excluding diaryl/α,β-unsaturated/α-hetero) is 1. The first-order valence-electron chi connectivity index (χ1n) is 9.72. The Balaban J connectivity index is 1.68. The average molecular weight is 373 g/mol. The van der Waals surface area contributed by atoms with Crippen LogP contribution in [0.1, 0.15) is 43.2 Å². The first-order valence-corrected chi connectivity index (χ1v) is 9.72. The molecule has 0 bridgehead atoms. The zero-order valence-electron chi connectivity index (χ0n) is 15.9. The Bertz CT molecular complexity index is 944. The zero-order chi connectivity index (χ0) is 19.5. The smallest absolute Gasteiger partial charge is 0.315 e.